The maximum atomic E-state index is 12.9. The quantitative estimate of drug-likeness (QED) is 0.0261. The summed E-state index contributed by atoms with van der Waals surface area (Å²) in [4.78, 5) is 38.3. The minimum Gasteiger partial charge on any atom is -0.462 e. The smallest absolute Gasteiger partial charge is 0.306 e. The maximum Gasteiger partial charge on any atom is 0.306 e. The van der Waals surface area contributed by atoms with E-state index in [1.165, 1.54) is 173 Å². The molecule has 0 N–H and O–H groups in total. The lowest BCUT2D eigenvalue weighted by molar-refractivity contribution is -0.167. The summed E-state index contributed by atoms with van der Waals surface area (Å²) in [5.41, 5.74) is 0. The number of carbonyl (C=O) groups is 3. The zero-order valence-corrected chi connectivity index (χ0v) is 54.0. The van der Waals surface area contributed by atoms with E-state index in [-0.39, 0.29) is 31.1 Å². The predicted octanol–water partition coefficient (Wildman–Crippen LogP) is 24.2. The van der Waals surface area contributed by atoms with E-state index in [0.29, 0.717) is 19.3 Å². The van der Waals surface area contributed by atoms with Gasteiger partial charge < -0.3 is 14.2 Å². The van der Waals surface area contributed by atoms with E-state index in [4.69, 9.17) is 14.2 Å². The monoisotopic (exact) mass is 1140 g/mol. The highest BCUT2D eigenvalue weighted by atomic mass is 16.6. The van der Waals surface area contributed by atoms with Gasteiger partial charge in [-0.25, -0.2) is 0 Å². The molecule has 0 aliphatic rings. The van der Waals surface area contributed by atoms with Gasteiger partial charge in [0.2, 0.25) is 0 Å². The second-order valence-corrected chi connectivity index (χ2v) is 23.1. The summed E-state index contributed by atoms with van der Waals surface area (Å²) in [6.45, 7) is 6.48. The summed E-state index contributed by atoms with van der Waals surface area (Å²) in [5, 5.41) is 0. The van der Waals surface area contributed by atoms with Crippen molar-refractivity contribution in [2.45, 2.75) is 341 Å². The fourth-order valence-electron chi connectivity index (χ4n) is 9.78. The number of esters is 3. The van der Waals surface area contributed by atoms with Gasteiger partial charge in [0.25, 0.3) is 0 Å². The van der Waals surface area contributed by atoms with E-state index in [1.54, 1.807) is 0 Å². The third-order valence-electron chi connectivity index (χ3n) is 15.0. The normalized spacial score (nSPS) is 12.8. The van der Waals surface area contributed by atoms with Crippen molar-refractivity contribution in [3.63, 3.8) is 0 Å². The van der Waals surface area contributed by atoms with Crippen LogP contribution in [0.15, 0.2) is 109 Å². The van der Waals surface area contributed by atoms with Gasteiger partial charge in [0, 0.05) is 19.3 Å². The molecule has 0 aliphatic carbocycles. The van der Waals surface area contributed by atoms with Crippen molar-refractivity contribution < 1.29 is 28.6 Å². The number of carbonyl (C=O) groups excluding carboxylic acids is 3. The molecule has 0 bridgehead atoms. The second kappa shape index (κ2) is 69.6. The molecule has 82 heavy (non-hydrogen) atoms. The zero-order chi connectivity index (χ0) is 59.2. The van der Waals surface area contributed by atoms with Gasteiger partial charge in [0.1, 0.15) is 13.2 Å². The second-order valence-electron chi connectivity index (χ2n) is 23.1. The molecule has 0 aromatic heterocycles. The Morgan fingerprint density at radius 3 is 0.805 bits per heavy atom. The molecule has 0 aromatic carbocycles. The van der Waals surface area contributed by atoms with Crippen LogP contribution in [0.5, 0.6) is 0 Å². The predicted molar refractivity (Wildman–Crippen MR) is 357 cm³/mol. The number of ether oxygens (including phenoxy) is 3. The minimum absolute atomic E-state index is 0.0831. The van der Waals surface area contributed by atoms with E-state index in [9.17, 15) is 14.4 Å². The molecule has 1 unspecified atom stereocenters. The van der Waals surface area contributed by atoms with Crippen LogP contribution >= 0.6 is 0 Å². The fourth-order valence-corrected chi connectivity index (χ4v) is 9.78. The molecular formula is C76H130O6. The summed E-state index contributed by atoms with van der Waals surface area (Å²) >= 11 is 0. The van der Waals surface area contributed by atoms with E-state index < -0.39 is 6.10 Å². The average Bonchev–Trinajstić information content (AvgIpc) is 3.47. The molecule has 0 rings (SSSR count). The van der Waals surface area contributed by atoms with Crippen molar-refractivity contribution in [3.8, 4) is 0 Å². The summed E-state index contributed by atoms with van der Waals surface area (Å²) in [6, 6.07) is 0. The molecule has 0 radical (unpaired) electrons. The van der Waals surface area contributed by atoms with Gasteiger partial charge in [0.05, 0.1) is 0 Å². The molecule has 6 nitrogen and oxygen atoms in total. The first-order valence-corrected chi connectivity index (χ1v) is 34.9. The third-order valence-corrected chi connectivity index (χ3v) is 15.0. The lowest BCUT2D eigenvalue weighted by atomic mass is 10.0. The highest BCUT2D eigenvalue weighted by Gasteiger charge is 2.19. The van der Waals surface area contributed by atoms with Crippen molar-refractivity contribution in [1.82, 2.24) is 0 Å². The van der Waals surface area contributed by atoms with Gasteiger partial charge in [0.15, 0.2) is 6.10 Å². The molecule has 0 saturated heterocycles. The highest BCUT2D eigenvalue weighted by molar-refractivity contribution is 5.71. The summed E-state index contributed by atoms with van der Waals surface area (Å²) in [6.07, 6.45) is 95.5. The standard InChI is InChI=1S/C76H130O6/c1-4-7-10-13-16-19-22-24-26-28-30-32-34-35-36-37-38-39-40-41-43-44-46-48-50-52-54-57-60-63-66-69-75(78)81-72-73(71-80-74(77)68-65-62-59-56-21-18-15-12-9-6-3)82-76(79)70-67-64-61-58-55-53-51-49-47-45-42-33-31-29-27-25-23-20-17-14-11-8-5-2/h7,10,12,15-16,19,24,26,29-32,35-36,38-39,41,43,73H,4-6,8-9,11,13-14,17-18,20-23,25,27-28,33-34,37,40,42,44-72H2,1-3H3/b10-7-,15-12-,19-16-,26-24-,31-29-,32-30-,36-35-,39-38-,43-41-. The van der Waals surface area contributed by atoms with Crippen LogP contribution in [0.3, 0.4) is 0 Å². The number of hydrogen-bond acceptors (Lipinski definition) is 6. The molecule has 0 spiro atoms. The number of rotatable bonds is 63. The molecule has 0 amide bonds. The Balaban J connectivity index is 4.22. The van der Waals surface area contributed by atoms with E-state index in [2.05, 4.69) is 130 Å². The van der Waals surface area contributed by atoms with Crippen molar-refractivity contribution in [2.24, 2.45) is 0 Å². The molecule has 1 atom stereocenters. The van der Waals surface area contributed by atoms with E-state index in [0.717, 1.165) is 122 Å². The Morgan fingerprint density at radius 2 is 0.500 bits per heavy atom. The molecule has 0 aliphatic heterocycles. The zero-order valence-electron chi connectivity index (χ0n) is 54.0. The Bertz CT molecular complexity index is 1640. The van der Waals surface area contributed by atoms with Crippen LogP contribution in [0.25, 0.3) is 0 Å². The Morgan fingerprint density at radius 1 is 0.256 bits per heavy atom. The van der Waals surface area contributed by atoms with Gasteiger partial charge in [-0.3, -0.25) is 14.4 Å². The van der Waals surface area contributed by atoms with Crippen LogP contribution in [0, 0.1) is 0 Å². The van der Waals surface area contributed by atoms with Gasteiger partial charge in [-0.15, -0.1) is 0 Å². The van der Waals surface area contributed by atoms with Crippen molar-refractivity contribution in [1.29, 1.82) is 0 Å². The van der Waals surface area contributed by atoms with E-state index >= 15 is 0 Å². The SMILES string of the molecule is CC/C=C\C/C=C\C/C=C\C/C=C\C/C=C\C/C=C\C/C=C\CCCCCCCCCCCC(=O)OCC(COC(=O)CCCCCCC/C=C\CCC)OC(=O)CCCCCCCCCCCCC/C=C\CCCCCCCCCC. The van der Waals surface area contributed by atoms with Crippen LogP contribution in [0.2, 0.25) is 0 Å². The number of unbranched alkanes of at least 4 members (excludes halogenated alkanes) is 34. The summed E-state index contributed by atoms with van der Waals surface area (Å²) < 4.78 is 16.9. The van der Waals surface area contributed by atoms with Gasteiger partial charge >= 0.3 is 17.9 Å². The van der Waals surface area contributed by atoms with Crippen molar-refractivity contribution >= 4 is 17.9 Å². The lowest BCUT2D eigenvalue weighted by Crippen LogP contribution is -2.30. The Labute approximate surface area is 508 Å². The molecule has 0 heterocycles. The van der Waals surface area contributed by atoms with Crippen LogP contribution in [-0.2, 0) is 28.6 Å². The maximum absolute atomic E-state index is 12.9. The third kappa shape index (κ3) is 66.9. The molecule has 6 heteroatoms. The first kappa shape index (κ1) is 78.1. The molecule has 0 saturated carbocycles. The van der Waals surface area contributed by atoms with Crippen LogP contribution < -0.4 is 0 Å². The highest BCUT2D eigenvalue weighted by Crippen LogP contribution is 2.17. The van der Waals surface area contributed by atoms with E-state index in [1.807, 2.05) is 0 Å². The summed E-state index contributed by atoms with van der Waals surface area (Å²) in [5.74, 6) is -0.889. The molecule has 0 fully saturated rings. The van der Waals surface area contributed by atoms with Crippen molar-refractivity contribution in [3.05, 3.63) is 109 Å². The van der Waals surface area contributed by atoms with Crippen molar-refractivity contribution in [2.75, 3.05) is 13.2 Å². The number of allylic oxidation sites excluding steroid dienone is 18. The number of hydrogen-bond donors (Lipinski definition) is 0. The van der Waals surface area contributed by atoms with Crippen LogP contribution in [0.1, 0.15) is 335 Å². The van der Waals surface area contributed by atoms with Crippen LogP contribution in [-0.4, -0.2) is 37.2 Å². The molecular weight excluding hydrogens is 1010 g/mol. The molecule has 0 aromatic rings. The lowest BCUT2D eigenvalue weighted by Gasteiger charge is -2.18. The Kier molecular flexibility index (Phi) is 66.2. The van der Waals surface area contributed by atoms with Gasteiger partial charge in [-0.2, -0.15) is 0 Å². The summed E-state index contributed by atoms with van der Waals surface area (Å²) in [7, 11) is 0. The molecule has 470 valence electrons. The fraction of sp³-hybridized carbons (Fsp3) is 0.724. The Hall–Kier alpha value is -3.93. The first-order chi connectivity index (χ1) is 40.5. The largest absolute Gasteiger partial charge is 0.462 e. The van der Waals surface area contributed by atoms with Crippen LogP contribution in [0.4, 0.5) is 0 Å². The first-order valence-electron chi connectivity index (χ1n) is 34.9. The van der Waals surface area contributed by atoms with Gasteiger partial charge in [-0.05, 0) is 122 Å². The topological polar surface area (TPSA) is 78.9 Å². The minimum atomic E-state index is -0.786. The van der Waals surface area contributed by atoms with Gasteiger partial charge in [-0.1, -0.05) is 304 Å². The average molecular weight is 1140 g/mol.